The van der Waals surface area contributed by atoms with Gasteiger partial charge in [-0.15, -0.1) is 5.10 Å². The predicted octanol–water partition coefficient (Wildman–Crippen LogP) is -0.117. The minimum Gasteiger partial charge on any atom is -0.481 e. The lowest BCUT2D eigenvalue weighted by Crippen LogP contribution is -2.03. The molecule has 2 aromatic rings. The highest BCUT2D eigenvalue weighted by Gasteiger charge is 2.07. The van der Waals surface area contributed by atoms with Crippen molar-refractivity contribution >= 4 is 22.8 Å². The van der Waals surface area contributed by atoms with Gasteiger partial charge in [-0.05, 0) is 0 Å². The van der Waals surface area contributed by atoms with E-state index >= 15 is 0 Å². The van der Waals surface area contributed by atoms with E-state index in [9.17, 15) is 4.79 Å². The van der Waals surface area contributed by atoms with E-state index in [1.165, 1.54) is 12.5 Å². The molecule has 0 spiro atoms. The number of nitrogens with zero attached hydrogens (tertiary/aromatic N) is 4. The van der Waals surface area contributed by atoms with Gasteiger partial charge in [0.2, 0.25) is 0 Å². The van der Waals surface area contributed by atoms with Crippen molar-refractivity contribution in [2.45, 2.75) is 13.0 Å². The van der Waals surface area contributed by atoms with Crippen LogP contribution in [0, 0.1) is 0 Å². The van der Waals surface area contributed by atoms with Crippen molar-refractivity contribution in [1.82, 2.24) is 19.7 Å². The molecule has 0 aliphatic heterocycles. The molecule has 2 heterocycles. The van der Waals surface area contributed by atoms with Gasteiger partial charge in [-0.1, -0.05) is 0 Å². The summed E-state index contributed by atoms with van der Waals surface area (Å²) < 4.78 is 1.69. The lowest BCUT2D eigenvalue weighted by Gasteiger charge is -2.00. The zero-order chi connectivity index (χ0) is 10.8. The number of carboxylic acid groups (broad SMARTS) is 1. The Labute approximate surface area is 84.6 Å². The van der Waals surface area contributed by atoms with E-state index in [1.807, 2.05) is 0 Å². The molecule has 3 N–H and O–H groups in total. The molecular weight excluding hydrogens is 198 g/mol. The van der Waals surface area contributed by atoms with E-state index < -0.39 is 5.97 Å². The summed E-state index contributed by atoms with van der Waals surface area (Å²) in [5.74, 6) is -0.603. The van der Waals surface area contributed by atoms with Crippen molar-refractivity contribution in [2.24, 2.45) is 0 Å². The van der Waals surface area contributed by atoms with Gasteiger partial charge in [-0.3, -0.25) is 4.79 Å². The smallest absolute Gasteiger partial charge is 0.305 e. The fourth-order valence-corrected chi connectivity index (χ4v) is 1.31. The molecule has 0 atom stereocenters. The van der Waals surface area contributed by atoms with E-state index in [1.54, 1.807) is 4.57 Å². The minimum absolute atomic E-state index is 0.0354. The number of nitrogens with two attached hydrogens (primary N) is 1. The van der Waals surface area contributed by atoms with Gasteiger partial charge in [0.05, 0.1) is 24.5 Å². The Kier molecular flexibility index (Phi) is 2.20. The highest BCUT2D eigenvalue weighted by Crippen LogP contribution is 2.15. The van der Waals surface area contributed by atoms with Gasteiger partial charge in [-0.25, -0.2) is 4.98 Å². The van der Waals surface area contributed by atoms with Crippen LogP contribution in [-0.4, -0.2) is 30.8 Å². The first kappa shape index (κ1) is 9.38. The zero-order valence-electron chi connectivity index (χ0n) is 7.79. The number of imidazole rings is 1. The second-order valence-corrected chi connectivity index (χ2v) is 3.05. The summed E-state index contributed by atoms with van der Waals surface area (Å²) in [4.78, 5) is 14.4. The maximum Gasteiger partial charge on any atom is 0.305 e. The van der Waals surface area contributed by atoms with Gasteiger partial charge in [0.1, 0.15) is 5.52 Å². The third kappa shape index (κ3) is 1.71. The summed E-state index contributed by atoms with van der Waals surface area (Å²) in [5.41, 5.74) is 6.81. The molecule has 0 amide bonds. The number of hydrogen-bond donors (Lipinski definition) is 2. The van der Waals surface area contributed by atoms with Crippen LogP contribution in [0.15, 0.2) is 12.5 Å². The molecule has 0 fully saturated rings. The fraction of sp³-hybridized carbons (Fsp3) is 0.250. The standard InChI is InChI=1S/C8H9N5O2/c9-8-7-5(3-11-12-8)13(4-10-7)2-1-6(14)15/h3-4H,1-2H2,(H2,9,12)(H,14,15). The van der Waals surface area contributed by atoms with Gasteiger partial charge in [0.15, 0.2) is 5.82 Å². The molecule has 0 aliphatic rings. The molecule has 15 heavy (non-hydrogen) atoms. The van der Waals surface area contributed by atoms with E-state index in [0.29, 0.717) is 17.6 Å². The molecule has 0 radical (unpaired) electrons. The lowest BCUT2D eigenvalue weighted by atomic mass is 10.4. The molecule has 2 rings (SSSR count). The van der Waals surface area contributed by atoms with Gasteiger partial charge >= 0.3 is 5.97 Å². The number of nitrogen functional groups attached to an aromatic ring is 1. The summed E-state index contributed by atoms with van der Waals surface area (Å²) in [5, 5.41) is 15.9. The Hall–Kier alpha value is -2.18. The summed E-state index contributed by atoms with van der Waals surface area (Å²) in [6.45, 7) is 0.344. The van der Waals surface area contributed by atoms with Crippen molar-refractivity contribution in [3.8, 4) is 0 Å². The summed E-state index contributed by atoms with van der Waals surface area (Å²) in [6.07, 6.45) is 3.08. The quantitative estimate of drug-likeness (QED) is 0.726. The lowest BCUT2D eigenvalue weighted by molar-refractivity contribution is -0.137. The first-order valence-electron chi connectivity index (χ1n) is 4.32. The van der Waals surface area contributed by atoms with E-state index in [-0.39, 0.29) is 12.2 Å². The van der Waals surface area contributed by atoms with E-state index in [4.69, 9.17) is 10.8 Å². The molecular formula is C8H9N5O2. The largest absolute Gasteiger partial charge is 0.481 e. The average Bonchev–Trinajstić information content (AvgIpc) is 2.59. The van der Waals surface area contributed by atoms with E-state index in [0.717, 1.165) is 0 Å². The van der Waals surface area contributed by atoms with Crippen LogP contribution in [0.1, 0.15) is 6.42 Å². The number of aromatic nitrogens is 4. The Morgan fingerprint density at radius 3 is 3.13 bits per heavy atom. The van der Waals surface area contributed by atoms with Gasteiger partial charge in [0.25, 0.3) is 0 Å². The third-order valence-electron chi connectivity index (χ3n) is 2.03. The average molecular weight is 207 g/mol. The Morgan fingerprint density at radius 2 is 2.40 bits per heavy atom. The number of fused-ring (bicyclic) bond motifs is 1. The van der Waals surface area contributed by atoms with Crippen molar-refractivity contribution in [1.29, 1.82) is 0 Å². The second kappa shape index (κ2) is 3.52. The van der Waals surface area contributed by atoms with Crippen LogP contribution in [0.5, 0.6) is 0 Å². The van der Waals surface area contributed by atoms with E-state index in [2.05, 4.69) is 15.2 Å². The SMILES string of the molecule is Nc1nncc2c1ncn2CCC(=O)O. The molecule has 0 saturated carbocycles. The van der Waals surface area contributed by atoms with Gasteiger partial charge in [0, 0.05) is 6.54 Å². The summed E-state index contributed by atoms with van der Waals surface area (Å²) >= 11 is 0. The zero-order valence-corrected chi connectivity index (χ0v) is 7.79. The number of aryl methyl sites for hydroxylation is 1. The maximum absolute atomic E-state index is 10.4. The fourth-order valence-electron chi connectivity index (χ4n) is 1.31. The van der Waals surface area contributed by atoms with Crippen molar-refractivity contribution < 1.29 is 9.90 Å². The Balaban J connectivity index is 2.37. The Morgan fingerprint density at radius 1 is 1.60 bits per heavy atom. The number of aliphatic carboxylic acids is 1. The molecule has 0 saturated heterocycles. The van der Waals surface area contributed by atoms with Crippen LogP contribution < -0.4 is 5.73 Å². The molecule has 0 aliphatic carbocycles. The first-order chi connectivity index (χ1) is 7.18. The number of hydrogen-bond acceptors (Lipinski definition) is 5. The monoisotopic (exact) mass is 207 g/mol. The minimum atomic E-state index is -0.855. The predicted molar refractivity (Wildman–Crippen MR) is 52.0 cm³/mol. The Bertz CT molecular complexity index is 507. The van der Waals surface area contributed by atoms with Crippen LogP contribution in [0.4, 0.5) is 5.82 Å². The van der Waals surface area contributed by atoms with Crippen molar-refractivity contribution in [3.63, 3.8) is 0 Å². The van der Waals surface area contributed by atoms with Crippen molar-refractivity contribution in [2.75, 3.05) is 5.73 Å². The van der Waals surface area contributed by atoms with Crippen LogP contribution in [0.2, 0.25) is 0 Å². The number of carboxylic acids is 1. The highest BCUT2D eigenvalue weighted by molar-refractivity contribution is 5.83. The van der Waals surface area contributed by atoms with Crippen LogP contribution in [-0.2, 0) is 11.3 Å². The normalized spacial score (nSPS) is 10.7. The molecule has 78 valence electrons. The second-order valence-electron chi connectivity index (χ2n) is 3.05. The first-order valence-corrected chi connectivity index (χ1v) is 4.32. The van der Waals surface area contributed by atoms with Crippen LogP contribution >= 0.6 is 0 Å². The number of carbonyl (C=O) groups is 1. The molecule has 2 aromatic heterocycles. The third-order valence-corrected chi connectivity index (χ3v) is 2.03. The molecule has 0 bridgehead atoms. The van der Waals surface area contributed by atoms with Crippen LogP contribution in [0.25, 0.3) is 11.0 Å². The van der Waals surface area contributed by atoms with Crippen LogP contribution in [0.3, 0.4) is 0 Å². The summed E-state index contributed by atoms with van der Waals surface area (Å²) in [7, 11) is 0. The number of rotatable bonds is 3. The molecule has 0 aromatic carbocycles. The maximum atomic E-state index is 10.4. The van der Waals surface area contributed by atoms with Crippen molar-refractivity contribution in [3.05, 3.63) is 12.5 Å². The number of anilines is 1. The van der Waals surface area contributed by atoms with Gasteiger partial charge in [-0.2, -0.15) is 5.10 Å². The molecule has 7 heteroatoms. The highest BCUT2D eigenvalue weighted by atomic mass is 16.4. The molecule has 0 unspecified atom stereocenters. The topological polar surface area (TPSA) is 107 Å². The molecule has 7 nitrogen and oxygen atoms in total. The summed E-state index contributed by atoms with van der Waals surface area (Å²) in [6, 6.07) is 0. The van der Waals surface area contributed by atoms with Gasteiger partial charge < -0.3 is 15.4 Å².